The molecule has 3 aromatic heterocycles. The Labute approximate surface area is 187 Å². The van der Waals surface area contributed by atoms with E-state index in [9.17, 15) is 10.1 Å². The molecule has 0 radical (unpaired) electrons. The number of halogens is 2. The molecule has 0 N–H and O–H groups in total. The number of aromatic nitrogens is 6. The van der Waals surface area contributed by atoms with Gasteiger partial charge in [-0.15, -0.1) is 5.10 Å². The van der Waals surface area contributed by atoms with Crippen LogP contribution in [0.25, 0.3) is 11.0 Å². The number of nitrogens with zero attached hydrogens (tertiary/aromatic N) is 7. The minimum Gasteiger partial charge on any atom is -0.472 e. The van der Waals surface area contributed by atoms with Crippen LogP contribution in [0.4, 0.5) is 5.69 Å². The molecule has 13 heteroatoms. The van der Waals surface area contributed by atoms with E-state index in [0.717, 1.165) is 12.8 Å². The van der Waals surface area contributed by atoms with E-state index in [0.29, 0.717) is 36.3 Å². The lowest BCUT2D eigenvalue weighted by Gasteiger charge is -2.27. The van der Waals surface area contributed by atoms with Gasteiger partial charge >= 0.3 is 11.6 Å². The zero-order valence-electron chi connectivity index (χ0n) is 17.0. The van der Waals surface area contributed by atoms with Crippen LogP contribution in [-0.2, 0) is 11.3 Å². The molecule has 1 aliphatic heterocycles. The Balaban J connectivity index is 1.45. The first-order valence-electron chi connectivity index (χ1n) is 9.87. The van der Waals surface area contributed by atoms with Gasteiger partial charge in [-0.05, 0) is 38.3 Å². The highest BCUT2D eigenvalue weighted by Gasteiger charge is 2.31. The van der Waals surface area contributed by atoms with Crippen LogP contribution >= 0.6 is 23.2 Å². The van der Waals surface area contributed by atoms with E-state index in [1.807, 2.05) is 6.92 Å². The van der Waals surface area contributed by atoms with E-state index in [1.54, 1.807) is 16.3 Å². The summed E-state index contributed by atoms with van der Waals surface area (Å²) in [4.78, 5) is 19.2. The summed E-state index contributed by atoms with van der Waals surface area (Å²) >= 11 is 12.0. The molecule has 3 aromatic rings. The smallest absolute Gasteiger partial charge is 0.352 e. The van der Waals surface area contributed by atoms with Crippen LogP contribution in [0.5, 0.6) is 5.88 Å². The van der Waals surface area contributed by atoms with Gasteiger partial charge in [-0.3, -0.25) is 14.8 Å². The predicted molar refractivity (Wildman–Crippen MR) is 113 cm³/mol. The lowest BCUT2D eigenvalue weighted by molar-refractivity contribution is -0.386. The molecular weight excluding hydrogens is 449 g/mol. The van der Waals surface area contributed by atoms with Gasteiger partial charge < -0.3 is 9.47 Å². The highest BCUT2D eigenvalue weighted by molar-refractivity contribution is 6.34. The second-order valence-electron chi connectivity index (χ2n) is 7.39. The van der Waals surface area contributed by atoms with Crippen molar-refractivity contribution >= 4 is 39.9 Å². The molecule has 0 saturated carbocycles. The number of rotatable bonds is 7. The van der Waals surface area contributed by atoms with Gasteiger partial charge in [0.1, 0.15) is 5.69 Å². The van der Waals surface area contributed by atoms with Crippen molar-refractivity contribution in [2.24, 2.45) is 0 Å². The van der Waals surface area contributed by atoms with E-state index in [4.69, 9.17) is 32.7 Å². The molecule has 1 aliphatic rings. The number of aryl methyl sites for hydroxylation is 1. The number of hydrogen-bond acceptors (Lipinski definition) is 8. The van der Waals surface area contributed by atoms with Gasteiger partial charge in [0.2, 0.25) is 5.28 Å². The van der Waals surface area contributed by atoms with Crippen LogP contribution in [0, 0.1) is 17.0 Å². The Morgan fingerprint density at radius 2 is 2.19 bits per heavy atom. The third-order valence-corrected chi connectivity index (χ3v) is 5.70. The van der Waals surface area contributed by atoms with E-state index in [1.165, 1.54) is 6.20 Å². The first kappa shape index (κ1) is 21.7. The summed E-state index contributed by atoms with van der Waals surface area (Å²) in [5.41, 5.74) is 0.895. The summed E-state index contributed by atoms with van der Waals surface area (Å²) < 4.78 is 14.6. The van der Waals surface area contributed by atoms with Crippen LogP contribution in [0.15, 0.2) is 6.20 Å². The third-order valence-electron chi connectivity index (χ3n) is 5.24. The van der Waals surface area contributed by atoms with Crippen molar-refractivity contribution in [2.45, 2.75) is 51.8 Å². The molecule has 0 aromatic carbocycles. The highest BCUT2D eigenvalue weighted by Crippen LogP contribution is 2.35. The van der Waals surface area contributed by atoms with Gasteiger partial charge in [0.05, 0.1) is 29.1 Å². The average molecular weight is 470 g/mol. The molecule has 4 heterocycles. The summed E-state index contributed by atoms with van der Waals surface area (Å²) in [6.45, 7) is 4.92. The fourth-order valence-electron chi connectivity index (χ4n) is 3.78. The van der Waals surface area contributed by atoms with E-state index in [-0.39, 0.29) is 40.8 Å². The summed E-state index contributed by atoms with van der Waals surface area (Å²) in [5, 5.41) is 21.3. The van der Waals surface area contributed by atoms with Gasteiger partial charge in [0, 0.05) is 25.8 Å². The molecule has 166 valence electrons. The van der Waals surface area contributed by atoms with Crippen molar-refractivity contribution in [3.8, 4) is 5.88 Å². The van der Waals surface area contributed by atoms with E-state index >= 15 is 0 Å². The number of nitro groups is 1. The molecule has 0 bridgehead atoms. The molecule has 1 saturated heterocycles. The summed E-state index contributed by atoms with van der Waals surface area (Å²) in [6.07, 6.45) is 3.60. The molecule has 0 unspecified atom stereocenters. The monoisotopic (exact) mass is 469 g/mol. The minimum absolute atomic E-state index is 0.0235. The van der Waals surface area contributed by atoms with Crippen LogP contribution in [-0.4, -0.2) is 53.8 Å². The fourth-order valence-corrected chi connectivity index (χ4v) is 4.14. The molecule has 11 nitrogen and oxygen atoms in total. The molecule has 0 aliphatic carbocycles. The Hall–Kier alpha value is -2.50. The molecule has 4 rings (SSSR count). The Kier molecular flexibility index (Phi) is 6.26. The maximum absolute atomic E-state index is 11.6. The van der Waals surface area contributed by atoms with Crippen molar-refractivity contribution < 1.29 is 14.4 Å². The standard InChI is InChI=1S/C18H21Cl2N7O4/c1-10-8-12(4-7-30-10)26-11(2)14(27(28)29)17(24-26)31-6-3-5-25-16-13(15(19)23-25)9-21-18(20)22-16/h9-10,12H,3-8H2,1-2H3/t10-,12-/m0/s1. The van der Waals surface area contributed by atoms with Crippen LogP contribution < -0.4 is 4.74 Å². The maximum Gasteiger partial charge on any atom is 0.352 e. The fraction of sp³-hybridized carbons (Fsp3) is 0.556. The Bertz CT molecular complexity index is 1120. The van der Waals surface area contributed by atoms with Gasteiger partial charge in [-0.25, -0.2) is 9.67 Å². The number of hydrogen-bond donors (Lipinski definition) is 0. The summed E-state index contributed by atoms with van der Waals surface area (Å²) in [6, 6.07) is 0.0433. The van der Waals surface area contributed by atoms with Crippen LogP contribution in [0.1, 0.15) is 37.9 Å². The molecule has 0 amide bonds. The Morgan fingerprint density at radius 3 is 2.94 bits per heavy atom. The zero-order valence-corrected chi connectivity index (χ0v) is 18.5. The van der Waals surface area contributed by atoms with Crippen molar-refractivity contribution in [2.75, 3.05) is 13.2 Å². The second kappa shape index (κ2) is 8.93. The first-order valence-corrected chi connectivity index (χ1v) is 10.6. The quantitative estimate of drug-likeness (QED) is 0.221. The van der Waals surface area contributed by atoms with Crippen molar-refractivity contribution in [1.82, 2.24) is 29.5 Å². The minimum atomic E-state index is -0.448. The number of fused-ring (bicyclic) bond motifs is 1. The first-order chi connectivity index (χ1) is 14.8. The van der Waals surface area contributed by atoms with E-state index in [2.05, 4.69) is 20.2 Å². The average Bonchev–Trinajstić information content (AvgIpc) is 3.21. The second-order valence-corrected chi connectivity index (χ2v) is 8.09. The van der Waals surface area contributed by atoms with Gasteiger partial charge in [0.15, 0.2) is 10.8 Å². The number of ether oxygens (including phenoxy) is 2. The topological polar surface area (TPSA) is 123 Å². The SMILES string of the molecule is Cc1c([N+](=O)[O-])c(OCCCn2nc(Cl)c3cnc(Cl)nc32)nn1[C@H]1CCO[C@@H](C)C1. The van der Waals surface area contributed by atoms with Gasteiger partial charge in [-0.2, -0.15) is 10.1 Å². The molecule has 1 fully saturated rings. The largest absolute Gasteiger partial charge is 0.472 e. The lowest BCUT2D eigenvalue weighted by atomic mass is 10.0. The maximum atomic E-state index is 11.6. The van der Waals surface area contributed by atoms with E-state index < -0.39 is 4.92 Å². The van der Waals surface area contributed by atoms with Gasteiger partial charge in [0.25, 0.3) is 0 Å². The predicted octanol–water partition coefficient (Wildman–Crippen LogP) is 3.76. The Morgan fingerprint density at radius 1 is 1.39 bits per heavy atom. The van der Waals surface area contributed by atoms with Crippen molar-refractivity contribution in [3.05, 3.63) is 32.4 Å². The van der Waals surface area contributed by atoms with Crippen molar-refractivity contribution in [3.63, 3.8) is 0 Å². The summed E-state index contributed by atoms with van der Waals surface area (Å²) in [7, 11) is 0. The third kappa shape index (κ3) is 4.43. The zero-order chi connectivity index (χ0) is 22.1. The molecule has 0 spiro atoms. The highest BCUT2D eigenvalue weighted by atomic mass is 35.5. The van der Waals surface area contributed by atoms with Crippen molar-refractivity contribution in [1.29, 1.82) is 0 Å². The molecular formula is C18H21Cl2N7O4. The van der Waals surface area contributed by atoms with Crippen LogP contribution in [0.3, 0.4) is 0 Å². The van der Waals surface area contributed by atoms with Crippen LogP contribution in [0.2, 0.25) is 10.4 Å². The normalized spacial score (nSPS) is 19.1. The van der Waals surface area contributed by atoms with Gasteiger partial charge in [-0.1, -0.05) is 11.6 Å². The molecule has 2 atom stereocenters. The lowest BCUT2D eigenvalue weighted by Crippen LogP contribution is -2.26. The molecule has 31 heavy (non-hydrogen) atoms. The summed E-state index contributed by atoms with van der Waals surface area (Å²) in [5.74, 6) is 0.0235.